The van der Waals surface area contributed by atoms with Gasteiger partial charge in [-0.1, -0.05) is 72.3 Å². The second-order valence-corrected chi connectivity index (χ2v) is 8.87. The Balaban J connectivity index is 4.67. The largest absolute Gasteiger partial charge is 0.529 e. The van der Waals surface area contributed by atoms with Gasteiger partial charge in [-0.2, -0.15) is 0 Å². The summed E-state index contributed by atoms with van der Waals surface area (Å²) in [6.45, 7) is 11.0. The lowest BCUT2D eigenvalue weighted by molar-refractivity contribution is 0.0684. The van der Waals surface area contributed by atoms with Gasteiger partial charge in [0, 0.05) is 19.8 Å². The van der Waals surface area contributed by atoms with Gasteiger partial charge in [0.2, 0.25) is 0 Å². The molecular formula is C20H42O3Si. The van der Waals surface area contributed by atoms with Crippen LogP contribution in [0.3, 0.4) is 0 Å². The summed E-state index contributed by atoms with van der Waals surface area (Å²) in [5, 5.41) is 0. The molecule has 144 valence electrons. The summed E-state index contributed by atoms with van der Waals surface area (Å²) in [6, 6.07) is 0. The Labute approximate surface area is 152 Å². The first-order valence-electron chi connectivity index (χ1n) is 10.3. The molecule has 0 radical (unpaired) electrons. The molecule has 0 aromatic carbocycles. The van der Waals surface area contributed by atoms with Crippen LogP contribution in [0.25, 0.3) is 0 Å². The topological polar surface area (TPSA) is 27.7 Å². The highest BCUT2D eigenvalue weighted by molar-refractivity contribution is 6.66. The van der Waals surface area contributed by atoms with Crippen molar-refractivity contribution >= 4 is 8.80 Å². The van der Waals surface area contributed by atoms with Crippen molar-refractivity contribution in [2.45, 2.75) is 98.3 Å². The number of hydrogen-bond acceptors (Lipinski definition) is 3. The second kappa shape index (κ2) is 17.7. The zero-order valence-electron chi connectivity index (χ0n) is 16.8. The van der Waals surface area contributed by atoms with Crippen LogP contribution in [-0.2, 0) is 13.3 Å². The maximum atomic E-state index is 6.20. The molecule has 0 amide bonds. The van der Waals surface area contributed by atoms with Gasteiger partial charge >= 0.3 is 8.80 Å². The lowest BCUT2D eigenvalue weighted by atomic mass is 10.2. The standard InChI is InChI=1S/C20H42O3Si/c1-5-9-13-14-15-16-20-24(21-17-10-6-2,22-18-11-7-3)23-19-12-8-4/h16,20H,5-15,17-19H2,1-4H3/b20-16+. The van der Waals surface area contributed by atoms with Crippen LogP contribution in [0.15, 0.2) is 11.8 Å². The van der Waals surface area contributed by atoms with Crippen molar-refractivity contribution in [3.8, 4) is 0 Å². The lowest BCUT2D eigenvalue weighted by Gasteiger charge is -2.27. The molecule has 3 nitrogen and oxygen atoms in total. The minimum absolute atomic E-state index is 0.737. The molecule has 0 N–H and O–H groups in total. The summed E-state index contributed by atoms with van der Waals surface area (Å²) in [5.74, 6) is 0. The molecule has 0 aliphatic heterocycles. The summed E-state index contributed by atoms with van der Waals surface area (Å²) in [6.07, 6.45) is 15.1. The molecular weight excluding hydrogens is 316 g/mol. The first-order chi connectivity index (χ1) is 11.7. The van der Waals surface area contributed by atoms with E-state index in [-0.39, 0.29) is 0 Å². The fraction of sp³-hybridized carbons (Fsp3) is 0.900. The van der Waals surface area contributed by atoms with Gasteiger partial charge in [-0.15, -0.1) is 0 Å². The van der Waals surface area contributed by atoms with Crippen molar-refractivity contribution in [1.82, 2.24) is 0 Å². The molecule has 0 atom stereocenters. The average molecular weight is 359 g/mol. The SMILES string of the molecule is CCCCCC/C=C/[Si](OCCCC)(OCCCC)OCCCC. The Morgan fingerprint density at radius 1 is 0.583 bits per heavy atom. The van der Waals surface area contributed by atoms with Gasteiger partial charge in [-0.3, -0.25) is 0 Å². The van der Waals surface area contributed by atoms with Crippen LogP contribution in [0, 0.1) is 0 Å². The number of unbranched alkanes of at least 4 members (excludes halogenated alkanes) is 7. The van der Waals surface area contributed by atoms with Crippen LogP contribution >= 0.6 is 0 Å². The normalized spacial score (nSPS) is 12.3. The smallest absolute Gasteiger partial charge is 0.370 e. The average Bonchev–Trinajstić information content (AvgIpc) is 2.58. The van der Waals surface area contributed by atoms with Crippen LogP contribution in [0.2, 0.25) is 0 Å². The Bertz CT molecular complexity index is 256. The van der Waals surface area contributed by atoms with Crippen molar-refractivity contribution in [3.05, 3.63) is 11.8 Å². The molecule has 0 saturated heterocycles. The quantitative estimate of drug-likeness (QED) is 0.208. The first kappa shape index (κ1) is 23.8. The Morgan fingerprint density at radius 2 is 1.04 bits per heavy atom. The second-order valence-electron chi connectivity index (χ2n) is 6.46. The van der Waals surface area contributed by atoms with Gasteiger partial charge < -0.3 is 13.3 Å². The van der Waals surface area contributed by atoms with E-state index in [1.165, 1.54) is 25.7 Å². The third kappa shape index (κ3) is 13.2. The van der Waals surface area contributed by atoms with Gasteiger partial charge in [0.15, 0.2) is 0 Å². The van der Waals surface area contributed by atoms with E-state index < -0.39 is 8.80 Å². The van der Waals surface area contributed by atoms with Gasteiger partial charge in [0.25, 0.3) is 0 Å². The van der Waals surface area contributed by atoms with E-state index in [1.807, 2.05) is 0 Å². The molecule has 0 aliphatic carbocycles. The van der Waals surface area contributed by atoms with Crippen LogP contribution in [-0.4, -0.2) is 28.6 Å². The van der Waals surface area contributed by atoms with Crippen LogP contribution in [0.4, 0.5) is 0 Å². The van der Waals surface area contributed by atoms with Crippen molar-refractivity contribution in [3.63, 3.8) is 0 Å². The molecule has 4 heteroatoms. The predicted molar refractivity (Wildman–Crippen MR) is 106 cm³/mol. The van der Waals surface area contributed by atoms with E-state index in [0.29, 0.717) is 0 Å². The van der Waals surface area contributed by atoms with Gasteiger partial charge in [-0.05, 0) is 37.8 Å². The summed E-state index contributed by atoms with van der Waals surface area (Å²) >= 11 is 0. The molecule has 0 unspecified atom stereocenters. The van der Waals surface area contributed by atoms with Crippen LogP contribution in [0.5, 0.6) is 0 Å². The van der Waals surface area contributed by atoms with Crippen molar-refractivity contribution in [2.24, 2.45) is 0 Å². The van der Waals surface area contributed by atoms with Gasteiger partial charge in [-0.25, -0.2) is 0 Å². The van der Waals surface area contributed by atoms with E-state index in [9.17, 15) is 0 Å². The maximum absolute atomic E-state index is 6.20. The molecule has 0 fully saturated rings. The van der Waals surface area contributed by atoms with E-state index in [4.69, 9.17) is 13.3 Å². The van der Waals surface area contributed by atoms with Crippen molar-refractivity contribution in [1.29, 1.82) is 0 Å². The van der Waals surface area contributed by atoms with E-state index in [0.717, 1.165) is 64.8 Å². The van der Waals surface area contributed by atoms with Crippen molar-refractivity contribution in [2.75, 3.05) is 19.8 Å². The molecule has 0 bridgehead atoms. The zero-order valence-corrected chi connectivity index (χ0v) is 17.8. The van der Waals surface area contributed by atoms with Crippen LogP contribution < -0.4 is 0 Å². The third-order valence-electron chi connectivity index (χ3n) is 3.95. The Hall–Kier alpha value is -0.163. The molecule has 0 spiro atoms. The highest BCUT2D eigenvalue weighted by atomic mass is 28.4. The fourth-order valence-electron chi connectivity index (χ4n) is 2.26. The predicted octanol–water partition coefficient (Wildman–Crippen LogP) is 6.44. The number of allylic oxidation sites excluding steroid dienone is 1. The number of rotatable bonds is 18. The Kier molecular flexibility index (Phi) is 17.5. The van der Waals surface area contributed by atoms with Gasteiger partial charge in [0.05, 0.1) is 0 Å². The fourth-order valence-corrected chi connectivity index (χ4v) is 4.54. The highest BCUT2D eigenvalue weighted by Gasteiger charge is 2.38. The molecule has 0 saturated carbocycles. The van der Waals surface area contributed by atoms with Gasteiger partial charge in [0.1, 0.15) is 0 Å². The Morgan fingerprint density at radius 3 is 1.46 bits per heavy atom. The summed E-state index contributed by atoms with van der Waals surface area (Å²) in [4.78, 5) is 0. The summed E-state index contributed by atoms with van der Waals surface area (Å²) < 4.78 is 18.6. The molecule has 0 heterocycles. The van der Waals surface area contributed by atoms with Crippen LogP contribution in [0.1, 0.15) is 98.3 Å². The summed E-state index contributed by atoms with van der Waals surface area (Å²) in [5.41, 5.74) is 2.15. The lowest BCUT2D eigenvalue weighted by Crippen LogP contribution is -2.45. The molecule has 0 aromatic heterocycles. The zero-order chi connectivity index (χ0) is 17.9. The summed E-state index contributed by atoms with van der Waals surface area (Å²) in [7, 11) is -2.66. The van der Waals surface area contributed by atoms with E-state index >= 15 is 0 Å². The van der Waals surface area contributed by atoms with E-state index in [1.54, 1.807) is 0 Å². The molecule has 0 rings (SSSR count). The molecule has 24 heavy (non-hydrogen) atoms. The third-order valence-corrected chi connectivity index (χ3v) is 6.41. The highest BCUT2D eigenvalue weighted by Crippen LogP contribution is 2.16. The molecule has 0 aliphatic rings. The van der Waals surface area contributed by atoms with E-state index in [2.05, 4.69) is 39.5 Å². The number of hydrogen-bond donors (Lipinski definition) is 0. The first-order valence-corrected chi connectivity index (χ1v) is 12.1. The molecule has 0 aromatic rings. The maximum Gasteiger partial charge on any atom is 0.529 e. The monoisotopic (exact) mass is 358 g/mol. The van der Waals surface area contributed by atoms with Crippen molar-refractivity contribution < 1.29 is 13.3 Å². The minimum atomic E-state index is -2.66. The minimum Gasteiger partial charge on any atom is -0.370 e.